The summed E-state index contributed by atoms with van der Waals surface area (Å²) in [5.74, 6) is 0.470. The molecule has 0 saturated carbocycles. The average molecular weight is 320 g/mol. The number of esters is 1. The van der Waals surface area contributed by atoms with Crippen LogP contribution in [0.5, 0.6) is 0 Å². The fourth-order valence-electron chi connectivity index (χ4n) is 2.58. The molecule has 2 aromatic heterocycles. The highest BCUT2D eigenvalue weighted by Gasteiger charge is 2.13. The first-order valence-electron chi connectivity index (χ1n) is 7.51. The van der Waals surface area contributed by atoms with E-state index in [4.69, 9.17) is 10.00 Å². The van der Waals surface area contributed by atoms with E-state index in [1.165, 1.54) is 13.3 Å². The van der Waals surface area contributed by atoms with Crippen molar-refractivity contribution in [2.75, 3.05) is 7.11 Å². The van der Waals surface area contributed by atoms with Gasteiger partial charge in [-0.3, -0.25) is 0 Å². The number of imidazole rings is 1. The molecule has 0 radical (unpaired) electrons. The second-order valence-electron chi connectivity index (χ2n) is 5.45. The minimum Gasteiger partial charge on any atom is -0.465 e. The summed E-state index contributed by atoms with van der Waals surface area (Å²) in [6.45, 7) is 0. The van der Waals surface area contributed by atoms with Crippen molar-refractivity contribution in [2.24, 2.45) is 7.05 Å². The maximum absolute atomic E-state index is 11.6. The molecule has 6 nitrogen and oxygen atoms in total. The number of benzene rings is 1. The second kappa shape index (κ2) is 6.50. The Morgan fingerprint density at radius 3 is 2.71 bits per heavy atom. The third-order valence-electron chi connectivity index (χ3n) is 3.94. The van der Waals surface area contributed by atoms with Crippen LogP contribution in [0.1, 0.15) is 27.3 Å². The van der Waals surface area contributed by atoms with Gasteiger partial charge in [0.15, 0.2) is 5.65 Å². The molecule has 3 aromatic rings. The minimum atomic E-state index is -0.422. The van der Waals surface area contributed by atoms with E-state index in [1.807, 2.05) is 35.9 Å². The molecular weight excluding hydrogens is 304 g/mol. The predicted octanol–water partition coefficient (Wildman–Crippen LogP) is 2.41. The highest BCUT2D eigenvalue weighted by atomic mass is 16.5. The van der Waals surface area contributed by atoms with Crippen molar-refractivity contribution in [2.45, 2.75) is 12.8 Å². The van der Waals surface area contributed by atoms with Crippen LogP contribution in [-0.2, 0) is 24.6 Å². The molecule has 2 heterocycles. The molecule has 0 saturated heterocycles. The monoisotopic (exact) mass is 320 g/mol. The first-order chi connectivity index (χ1) is 11.6. The fraction of sp³-hybridized carbons (Fsp3) is 0.222. The summed E-state index contributed by atoms with van der Waals surface area (Å²) < 4.78 is 6.64. The molecule has 0 aliphatic rings. The van der Waals surface area contributed by atoms with Gasteiger partial charge in [-0.2, -0.15) is 5.26 Å². The van der Waals surface area contributed by atoms with Crippen molar-refractivity contribution in [1.82, 2.24) is 14.5 Å². The molecule has 120 valence electrons. The molecule has 6 heteroatoms. The zero-order valence-electron chi connectivity index (χ0n) is 13.5. The topological polar surface area (TPSA) is 80.8 Å². The largest absolute Gasteiger partial charge is 0.465 e. The maximum Gasteiger partial charge on any atom is 0.339 e. The molecule has 0 unspecified atom stereocenters. The number of aromatic nitrogens is 3. The Balaban J connectivity index is 1.82. The van der Waals surface area contributed by atoms with Crippen LogP contribution in [-0.4, -0.2) is 27.6 Å². The van der Waals surface area contributed by atoms with Crippen molar-refractivity contribution >= 4 is 17.1 Å². The van der Waals surface area contributed by atoms with Crippen molar-refractivity contribution in [3.05, 3.63) is 59.0 Å². The number of ether oxygens (including phenoxy) is 1. The van der Waals surface area contributed by atoms with E-state index in [1.54, 1.807) is 6.07 Å². The zero-order chi connectivity index (χ0) is 17.1. The lowest BCUT2D eigenvalue weighted by molar-refractivity contribution is 0.0600. The molecule has 24 heavy (non-hydrogen) atoms. The van der Waals surface area contributed by atoms with Gasteiger partial charge in [0.2, 0.25) is 0 Å². The van der Waals surface area contributed by atoms with Gasteiger partial charge in [0.05, 0.1) is 24.3 Å². The summed E-state index contributed by atoms with van der Waals surface area (Å²) in [5, 5.41) is 8.83. The summed E-state index contributed by atoms with van der Waals surface area (Å²) >= 11 is 0. The molecule has 1 aromatic carbocycles. The van der Waals surface area contributed by atoms with Crippen LogP contribution in [0.25, 0.3) is 11.2 Å². The Morgan fingerprint density at radius 2 is 2.04 bits per heavy atom. The van der Waals surface area contributed by atoms with Gasteiger partial charge < -0.3 is 9.30 Å². The number of carbonyl (C=O) groups is 1. The van der Waals surface area contributed by atoms with Gasteiger partial charge in [-0.15, -0.1) is 0 Å². The number of nitriles is 1. The number of rotatable bonds is 4. The molecule has 0 N–H and O–H groups in total. The van der Waals surface area contributed by atoms with Crippen molar-refractivity contribution in [1.29, 1.82) is 5.26 Å². The Bertz CT molecular complexity index is 936. The van der Waals surface area contributed by atoms with Gasteiger partial charge in [-0.1, -0.05) is 12.1 Å². The Kier molecular flexibility index (Phi) is 4.25. The summed E-state index contributed by atoms with van der Waals surface area (Å²) in [4.78, 5) is 20.5. The van der Waals surface area contributed by atoms with E-state index in [0.717, 1.165) is 29.9 Å². The lowest BCUT2D eigenvalue weighted by atomic mass is 10.1. The molecule has 0 bridgehead atoms. The van der Waals surface area contributed by atoms with E-state index in [-0.39, 0.29) is 0 Å². The lowest BCUT2D eigenvalue weighted by Gasteiger charge is -2.03. The number of hydrogen-bond acceptors (Lipinski definition) is 5. The highest BCUT2D eigenvalue weighted by Crippen LogP contribution is 2.16. The second-order valence-corrected chi connectivity index (χ2v) is 5.45. The summed E-state index contributed by atoms with van der Waals surface area (Å²) in [6, 6.07) is 11.3. The molecule has 0 aliphatic heterocycles. The maximum atomic E-state index is 11.6. The minimum absolute atomic E-state index is 0.391. The number of carbonyl (C=O) groups excluding carboxylic acids is 1. The fourth-order valence-corrected chi connectivity index (χ4v) is 2.58. The van der Waals surface area contributed by atoms with E-state index >= 15 is 0 Å². The van der Waals surface area contributed by atoms with Crippen LogP contribution in [0.3, 0.4) is 0 Å². The standard InChI is InChI=1S/C18H16N4O2/c1-22-16(8-7-12-3-5-13(10-19)6-4-12)21-15-9-14(18(23)24-2)11-20-17(15)22/h3-6,9,11H,7-8H2,1-2H3. The number of fused-ring (bicyclic) bond motifs is 1. The summed E-state index contributed by atoms with van der Waals surface area (Å²) in [7, 11) is 3.25. The smallest absolute Gasteiger partial charge is 0.339 e. The Morgan fingerprint density at radius 1 is 1.29 bits per heavy atom. The summed E-state index contributed by atoms with van der Waals surface area (Å²) in [6.07, 6.45) is 3.05. The van der Waals surface area contributed by atoms with Crippen molar-refractivity contribution in [3.63, 3.8) is 0 Å². The van der Waals surface area contributed by atoms with Gasteiger partial charge in [0, 0.05) is 19.7 Å². The van der Waals surface area contributed by atoms with Gasteiger partial charge in [0.25, 0.3) is 0 Å². The zero-order valence-corrected chi connectivity index (χ0v) is 13.5. The molecule has 3 rings (SSSR count). The third kappa shape index (κ3) is 2.97. The van der Waals surface area contributed by atoms with Crippen LogP contribution < -0.4 is 0 Å². The van der Waals surface area contributed by atoms with Gasteiger partial charge in [0.1, 0.15) is 11.3 Å². The number of methoxy groups -OCH3 is 1. The normalized spacial score (nSPS) is 10.5. The number of hydrogen-bond donors (Lipinski definition) is 0. The first kappa shape index (κ1) is 15.7. The number of nitrogens with zero attached hydrogens (tertiary/aromatic N) is 4. The van der Waals surface area contributed by atoms with Gasteiger partial charge in [-0.25, -0.2) is 14.8 Å². The molecule has 0 amide bonds. The molecular formula is C18H16N4O2. The quantitative estimate of drug-likeness (QED) is 0.690. The van der Waals surface area contributed by atoms with E-state index in [0.29, 0.717) is 16.6 Å². The van der Waals surface area contributed by atoms with E-state index in [9.17, 15) is 4.79 Å². The van der Waals surface area contributed by atoms with Crippen LogP contribution in [0.2, 0.25) is 0 Å². The lowest BCUT2D eigenvalue weighted by Crippen LogP contribution is -2.02. The van der Waals surface area contributed by atoms with Crippen molar-refractivity contribution < 1.29 is 9.53 Å². The molecule has 0 aliphatic carbocycles. The van der Waals surface area contributed by atoms with Crippen LogP contribution in [0.15, 0.2) is 36.5 Å². The van der Waals surface area contributed by atoms with Gasteiger partial charge >= 0.3 is 5.97 Å². The predicted molar refractivity (Wildman–Crippen MR) is 88.4 cm³/mol. The SMILES string of the molecule is COC(=O)c1cnc2c(c1)nc(CCc1ccc(C#N)cc1)n2C. The van der Waals surface area contributed by atoms with Crippen LogP contribution in [0.4, 0.5) is 0 Å². The third-order valence-corrected chi connectivity index (χ3v) is 3.94. The average Bonchev–Trinajstić information content (AvgIpc) is 2.95. The molecule has 0 fully saturated rings. The number of aryl methyl sites for hydroxylation is 3. The summed E-state index contributed by atoms with van der Waals surface area (Å²) in [5.41, 5.74) is 3.60. The highest BCUT2D eigenvalue weighted by molar-refractivity contribution is 5.92. The molecule has 0 spiro atoms. The number of pyridine rings is 1. The van der Waals surface area contributed by atoms with Crippen LogP contribution >= 0.6 is 0 Å². The van der Waals surface area contributed by atoms with Gasteiger partial charge in [-0.05, 0) is 30.2 Å². The Labute approximate surface area is 139 Å². The van der Waals surface area contributed by atoms with E-state index in [2.05, 4.69) is 16.0 Å². The molecule has 0 atom stereocenters. The first-order valence-corrected chi connectivity index (χ1v) is 7.51. The van der Waals surface area contributed by atoms with Crippen molar-refractivity contribution in [3.8, 4) is 6.07 Å². The van der Waals surface area contributed by atoms with E-state index < -0.39 is 5.97 Å². The van der Waals surface area contributed by atoms with Crippen LogP contribution in [0, 0.1) is 11.3 Å². The Hall–Kier alpha value is -3.20.